The number of nitrogens with zero attached hydrogens (tertiary/aromatic N) is 4. The number of para-hydroxylation sites is 1. The quantitative estimate of drug-likeness (QED) is 0.719. The summed E-state index contributed by atoms with van der Waals surface area (Å²) >= 11 is 0. The molecule has 0 atom stereocenters. The first-order valence-corrected chi connectivity index (χ1v) is 8.75. The van der Waals surface area contributed by atoms with E-state index in [0.717, 1.165) is 46.9 Å². The fourth-order valence-corrected chi connectivity index (χ4v) is 3.24. The summed E-state index contributed by atoms with van der Waals surface area (Å²) in [4.78, 5) is 13.5. The van der Waals surface area contributed by atoms with Crippen molar-refractivity contribution in [1.29, 1.82) is 0 Å². The summed E-state index contributed by atoms with van der Waals surface area (Å²) in [5.41, 5.74) is 8.31. The highest BCUT2D eigenvalue weighted by molar-refractivity contribution is 6.03. The fourth-order valence-electron chi connectivity index (χ4n) is 3.24. The van der Waals surface area contributed by atoms with Crippen molar-refractivity contribution in [2.45, 2.75) is 26.7 Å². The summed E-state index contributed by atoms with van der Waals surface area (Å²) in [7, 11) is 0. The molecule has 0 spiro atoms. The third-order valence-corrected chi connectivity index (χ3v) is 4.50. The predicted octanol–water partition coefficient (Wildman–Crippen LogP) is 4.33. The van der Waals surface area contributed by atoms with E-state index in [-0.39, 0.29) is 5.41 Å². The van der Waals surface area contributed by atoms with E-state index in [1.54, 1.807) is 12.4 Å². The van der Waals surface area contributed by atoms with Crippen LogP contribution in [0.4, 0.5) is 5.69 Å². The van der Waals surface area contributed by atoms with Gasteiger partial charge < -0.3 is 0 Å². The molecule has 4 rings (SSSR count). The Bertz CT molecular complexity index is 933. The van der Waals surface area contributed by atoms with Crippen LogP contribution in [0.15, 0.2) is 66.2 Å². The Morgan fingerprint density at radius 3 is 2.54 bits per heavy atom. The van der Waals surface area contributed by atoms with Gasteiger partial charge >= 0.3 is 0 Å². The van der Waals surface area contributed by atoms with Crippen LogP contribution >= 0.6 is 0 Å². The Morgan fingerprint density at radius 2 is 1.77 bits per heavy atom. The van der Waals surface area contributed by atoms with Gasteiger partial charge in [0.1, 0.15) is 0 Å². The van der Waals surface area contributed by atoms with Crippen molar-refractivity contribution in [2.24, 2.45) is 10.5 Å². The van der Waals surface area contributed by atoms with Crippen molar-refractivity contribution in [1.82, 2.24) is 15.0 Å². The highest BCUT2D eigenvalue weighted by Crippen LogP contribution is 2.34. The molecule has 2 heterocycles. The lowest BCUT2D eigenvalue weighted by Crippen LogP contribution is -2.29. The minimum Gasteiger partial charge on any atom is -0.278 e. The normalized spacial score (nSPS) is 16.9. The molecule has 0 aliphatic heterocycles. The fraction of sp³-hybridized carbons (Fsp3) is 0.238. The summed E-state index contributed by atoms with van der Waals surface area (Å²) < 4.78 is 0. The van der Waals surface area contributed by atoms with E-state index in [9.17, 15) is 0 Å². The summed E-state index contributed by atoms with van der Waals surface area (Å²) in [6, 6.07) is 13.8. The SMILES string of the molecule is CC1(C)C/C(=N/Nc2ccccc2)c2cnc(-c3ccncc3)nc2C1. The Kier molecular flexibility index (Phi) is 4.21. The molecule has 0 amide bonds. The van der Waals surface area contributed by atoms with Crippen molar-refractivity contribution in [3.63, 3.8) is 0 Å². The van der Waals surface area contributed by atoms with Crippen LogP contribution in [0, 0.1) is 5.41 Å². The summed E-state index contributed by atoms with van der Waals surface area (Å²) in [5, 5.41) is 4.67. The highest BCUT2D eigenvalue weighted by atomic mass is 15.3. The first-order chi connectivity index (χ1) is 12.6. The van der Waals surface area contributed by atoms with Crippen molar-refractivity contribution in [2.75, 3.05) is 5.43 Å². The molecule has 0 fully saturated rings. The van der Waals surface area contributed by atoms with Gasteiger partial charge in [0.25, 0.3) is 0 Å². The van der Waals surface area contributed by atoms with Gasteiger partial charge in [0.05, 0.1) is 17.1 Å². The first kappa shape index (κ1) is 16.4. The van der Waals surface area contributed by atoms with Gasteiger partial charge in [-0.1, -0.05) is 32.0 Å². The number of rotatable bonds is 3. The lowest BCUT2D eigenvalue weighted by atomic mass is 9.75. The Balaban J connectivity index is 1.70. The van der Waals surface area contributed by atoms with Crippen LogP contribution in [0.2, 0.25) is 0 Å². The molecule has 0 radical (unpaired) electrons. The van der Waals surface area contributed by atoms with Crippen molar-refractivity contribution >= 4 is 11.4 Å². The average molecular weight is 343 g/mol. The monoisotopic (exact) mass is 343 g/mol. The third-order valence-electron chi connectivity index (χ3n) is 4.50. The van der Waals surface area contributed by atoms with E-state index in [0.29, 0.717) is 0 Å². The van der Waals surface area contributed by atoms with Crippen LogP contribution in [0.3, 0.4) is 0 Å². The van der Waals surface area contributed by atoms with E-state index in [1.807, 2.05) is 48.7 Å². The molecule has 1 aliphatic carbocycles. The van der Waals surface area contributed by atoms with Gasteiger partial charge in [0.2, 0.25) is 0 Å². The Morgan fingerprint density at radius 1 is 1.00 bits per heavy atom. The van der Waals surface area contributed by atoms with Crippen LogP contribution in [0.1, 0.15) is 31.5 Å². The number of anilines is 1. The Hall–Kier alpha value is -3.08. The van der Waals surface area contributed by atoms with E-state index in [4.69, 9.17) is 4.98 Å². The summed E-state index contributed by atoms with van der Waals surface area (Å²) in [5.74, 6) is 0.735. The highest BCUT2D eigenvalue weighted by Gasteiger charge is 2.31. The minimum absolute atomic E-state index is 0.105. The number of hydrazone groups is 1. The van der Waals surface area contributed by atoms with Crippen molar-refractivity contribution in [3.8, 4) is 11.4 Å². The van der Waals surface area contributed by atoms with Crippen LogP contribution in [0.25, 0.3) is 11.4 Å². The number of pyridine rings is 1. The molecule has 2 aromatic heterocycles. The van der Waals surface area contributed by atoms with E-state index in [1.165, 1.54) is 0 Å². The largest absolute Gasteiger partial charge is 0.278 e. The molecule has 130 valence electrons. The topological polar surface area (TPSA) is 63.1 Å². The zero-order valence-corrected chi connectivity index (χ0v) is 15.0. The lowest BCUT2D eigenvalue weighted by molar-refractivity contribution is 0.367. The molecule has 0 saturated carbocycles. The van der Waals surface area contributed by atoms with Gasteiger partial charge in [-0.25, -0.2) is 9.97 Å². The van der Waals surface area contributed by atoms with Crippen molar-refractivity contribution < 1.29 is 0 Å². The molecule has 3 aromatic rings. The number of hydrogen-bond acceptors (Lipinski definition) is 5. The molecular formula is C21H21N5. The van der Waals surface area contributed by atoms with Crippen LogP contribution < -0.4 is 5.43 Å². The lowest BCUT2D eigenvalue weighted by Gasteiger charge is -2.31. The van der Waals surface area contributed by atoms with Gasteiger partial charge in [0, 0.05) is 29.7 Å². The molecule has 1 aliphatic rings. The molecule has 26 heavy (non-hydrogen) atoms. The number of benzene rings is 1. The predicted molar refractivity (Wildman–Crippen MR) is 104 cm³/mol. The zero-order valence-electron chi connectivity index (χ0n) is 15.0. The maximum absolute atomic E-state index is 4.84. The second-order valence-electron chi connectivity index (χ2n) is 7.34. The van der Waals surface area contributed by atoms with Gasteiger partial charge in [-0.2, -0.15) is 5.10 Å². The molecule has 5 nitrogen and oxygen atoms in total. The smallest absolute Gasteiger partial charge is 0.159 e. The zero-order chi connectivity index (χ0) is 18.0. The van der Waals surface area contributed by atoms with Crippen LogP contribution in [0.5, 0.6) is 0 Å². The summed E-state index contributed by atoms with van der Waals surface area (Å²) in [6.45, 7) is 4.50. The second kappa shape index (κ2) is 6.67. The van der Waals surface area contributed by atoms with Gasteiger partial charge in [0.15, 0.2) is 5.82 Å². The first-order valence-electron chi connectivity index (χ1n) is 8.75. The molecule has 0 bridgehead atoms. The van der Waals surface area contributed by atoms with Gasteiger partial charge in [-0.3, -0.25) is 10.4 Å². The second-order valence-corrected chi connectivity index (χ2v) is 7.34. The molecule has 1 aromatic carbocycles. The maximum atomic E-state index is 4.84. The summed E-state index contributed by atoms with van der Waals surface area (Å²) in [6.07, 6.45) is 7.22. The van der Waals surface area contributed by atoms with E-state index >= 15 is 0 Å². The maximum Gasteiger partial charge on any atom is 0.159 e. The molecule has 0 saturated heterocycles. The van der Waals surface area contributed by atoms with Crippen LogP contribution in [-0.4, -0.2) is 20.7 Å². The van der Waals surface area contributed by atoms with Gasteiger partial charge in [-0.05, 0) is 42.5 Å². The molecular weight excluding hydrogens is 322 g/mol. The minimum atomic E-state index is 0.105. The number of fused-ring (bicyclic) bond motifs is 1. The third kappa shape index (κ3) is 3.47. The van der Waals surface area contributed by atoms with Crippen LogP contribution in [-0.2, 0) is 6.42 Å². The van der Waals surface area contributed by atoms with Crippen molar-refractivity contribution in [3.05, 3.63) is 72.3 Å². The van der Waals surface area contributed by atoms with Gasteiger partial charge in [-0.15, -0.1) is 0 Å². The molecule has 1 N–H and O–H groups in total. The molecule has 5 heteroatoms. The van der Waals surface area contributed by atoms with E-state index < -0.39 is 0 Å². The number of hydrogen-bond donors (Lipinski definition) is 1. The van der Waals surface area contributed by atoms with E-state index in [2.05, 4.69) is 34.3 Å². The number of aromatic nitrogens is 3. The average Bonchev–Trinajstić information content (AvgIpc) is 2.66. The molecule has 0 unspecified atom stereocenters. The number of nitrogens with one attached hydrogen (secondary N) is 1. The standard InChI is InChI=1S/C21H21N5/c1-21(2)12-18-17(14-23-20(24-18)15-8-10-22-11-9-15)19(13-21)26-25-16-6-4-3-5-7-16/h3-11,14,25H,12-13H2,1-2H3/b26-19-. The Labute approximate surface area is 153 Å².